The predicted octanol–water partition coefficient (Wildman–Crippen LogP) is 5.45. The second-order valence-corrected chi connectivity index (χ2v) is 5.03. The van der Waals surface area contributed by atoms with Gasteiger partial charge in [-0.1, -0.05) is 45.4 Å². The Balaban J connectivity index is 2.86. The summed E-state index contributed by atoms with van der Waals surface area (Å²) < 4.78 is 37.9. The van der Waals surface area contributed by atoms with Crippen molar-refractivity contribution in [1.82, 2.24) is 0 Å². The normalized spacial score (nSPS) is 13.9. The third-order valence-electron chi connectivity index (χ3n) is 3.10. The summed E-state index contributed by atoms with van der Waals surface area (Å²) in [4.78, 5) is 0. The number of alkyl halides is 3. The molecule has 0 aliphatic heterocycles. The van der Waals surface area contributed by atoms with E-state index in [0.717, 1.165) is 24.5 Å². The molecule has 0 bridgehead atoms. The molecule has 1 aromatic carbocycles. The van der Waals surface area contributed by atoms with E-state index in [1.54, 1.807) is 6.07 Å². The summed E-state index contributed by atoms with van der Waals surface area (Å²) in [6.07, 6.45) is -0.356. The van der Waals surface area contributed by atoms with Gasteiger partial charge < -0.3 is 0 Å². The van der Waals surface area contributed by atoms with Gasteiger partial charge in [-0.15, -0.1) is 0 Å². The summed E-state index contributed by atoms with van der Waals surface area (Å²) in [5.74, 6) is 0.674. The van der Waals surface area contributed by atoms with Gasteiger partial charge in [-0.2, -0.15) is 13.2 Å². The Bertz CT molecular complexity index is 366. The van der Waals surface area contributed by atoms with E-state index in [9.17, 15) is 13.2 Å². The molecule has 0 aromatic heterocycles. The van der Waals surface area contributed by atoms with Crippen LogP contribution in [0.2, 0.25) is 0 Å². The van der Waals surface area contributed by atoms with Crippen LogP contribution in [0.1, 0.15) is 50.7 Å². The van der Waals surface area contributed by atoms with Crippen LogP contribution in [-0.4, -0.2) is 0 Å². The van der Waals surface area contributed by atoms with Crippen LogP contribution in [0.3, 0.4) is 0 Å². The summed E-state index contributed by atoms with van der Waals surface area (Å²) in [7, 11) is 0. The summed E-state index contributed by atoms with van der Waals surface area (Å²) in [5, 5.41) is 0. The average Bonchev–Trinajstić information content (AvgIpc) is 2.29. The van der Waals surface area contributed by atoms with Gasteiger partial charge in [0.2, 0.25) is 0 Å². The third kappa shape index (κ3) is 4.35. The number of hydrogen-bond donors (Lipinski definition) is 0. The molecule has 0 aliphatic carbocycles. The van der Waals surface area contributed by atoms with E-state index in [4.69, 9.17) is 0 Å². The monoisotopic (exact) mass is 257 g/mol. The first-order valence-corrected chi connectivity index (χ1v) is 6.31. The maximum Gasteiger partial charge on any atom is 0.416 e. The van der Waals surface area contributed by atoms with Gasteiger partial charge in [0, 0.05) is 0 Å². The van der Waals surface area contributed by atoms with Crippen LogP contribution in [0, 0.1) is 12.3 Å². The minimum absolute atomic E-state index is 0.106. The fourth-order valence-electron chi connectivity index (χ4n) is 1.98. The van der Waals surface area contributed by atoms with Crippen molar-refractivity contribution in [1.29, 1.82) is 0 Å². The standard InChI is InChI=1S/C15H20F3/c1-4-12(9-8-11(2)3)13-6-5-7-14(10-13)15(16,17)18/h4-7,10-12H,8-9H2,1-3H3. The largest absolute Gasteiger partial charge is 0.416 e. The molecule has 1 unspecified atom stereocenters. The van der Waals surface area contributed by atoms with Crippen molar-refractivity contribution in [3.8, 4) is 0 Å². The lowest BCUT2D eigenvalue weighted by Crippen LogP contribution is -2.07. The Morgan fingerprint density at radius 2 is 1.83 bits per heavy atom. The van der Waals surface area contributed by atoms with E-state index in [-0.39, 0.29) is 5.92 Å². The van der Waals surface area contributed by atoms with E-state index in [2.05, 4.69) is 13.8 Å². The maximum atomic E-state index is 12.6. The molecule has 0 heterocycles. The smallest absolute Gasteiger partial charge is 0.166 e. The minimum Gasteiger partial charge on any atom is -0.166 e. The van der Waals surface area contributed by atoms with Gasteiger partial charge in [0.15, 0.2) is 0 Å². The van der Waals surface area contributed by atoms with Gasteiger partial charge in [0.1, 0.15) is 0 Å². The fraction of sp³-hybridized carbons (Fsp3) is 0.533. The van der Waals surface area contributed by atoms with Gasteiger partial charge in [0.05, 0.1) is 5.56 Å². The van der Waals surface area contributed by atoms with Gasteiger partial charge >= 0.3 is 6.18 Å². The Hall–Kier alpha value is -0.990. The van der Waals surface area contributed by atoms with E-state index >= 15 is 0 Å². The zero-order valence-corrected chi connectivity index (χ0v) is 11.1. The first kappa shape index (κ1) is 15.1. The molecule has 1 aromatic rings. The summed E-state index contributed by atoms with van der Waals surface area (Å²) in [6, 6.07) is 5.66. The van der Waals surface area contributed by atoms with Crippen molar-refractivity contribution in [2.45, 2.75) is 45.7 Å². The summed E-state index contributed by atoms with van der Waals surface area (Å²) >= 11 is 0. The van der Waals surface area contributed by atoms with Gasteiger partial charge in [-0.25, -0.2) is 0 Å². The molecule has 0 amide bonds. The second-order valence-electron chi connectivity index (χ2n) is 5.03. The van der Waals surface area contributed by atoms with E-state index in [0.29, 0.717) is 5.92 Å². The van der Waals surface area contributed by atoms with E-state index < -0.39 is 11.7 Å². The zero-order chi connectivity index (χ0) is 13.8. The highest BCUT2D eigenvalue weighted by Gasteiger charge is 2.30. The van der Waals surface area contributed by atoms with Crippen molar-refractivity contribution in [3.63, 3.8) is 0 Å². The first-order chi connectivity index (χ1) is 8.34. The topological polar surface area (TPSA) is 0 Å². The molecule has 1 atom stereocenters. The molecule has 0 saturated heterocycles. The van der Waals surface area contributed by atoms with Crippen molar-refractivity contribution in [3.05, 3.63) is 41.8 Å². The lowest BCUT2D eigenvalue weighted by atomic mass is 9.88. The molecule has 1 radical (unpaired) electrons. The van der Waals surface area contributed by atoms with Gasteiger partial charge in [0.25, 0.3) is 0 Å². The van der Waals surface area contributed by atoms with Crippen molar-refractivity contribution in [2.24, 2.45) is 5.92 Å². The molecule has 18 heavy (non-hydrogen) atoms. The van der Waals surface area contributed by atoms with Crippen LogP contribution in [0.4, 0.5) is 13.2 Å². The van der Waals surface area contributed by atoms with Crippen molar-refractivity contribution >= 4 is 0 Å². The third-order valence-corrected chi connectivity index (χ3v) is 3.10. The van der Waals surface area contributed by atoms with Crippen LogP contribution in [0.5, 0.6) is 0 Å². The van der Waals surface area contributed by atoms with Crippen LogP contribution in [0.25, 0.3) is 0 Å². The fourth-order valence-corrected chi connectivity index (χ4v) is 1.98. The molecule has 0 aliphatic rings. The molecular weight excluding hydrogens is 237 g/mol. The molecule has 0 N–H and O–H groups in total. The quantitative estimate of drug-likeness (QED) is 0.658. The lowest BCUT2D eigenvalue weighted by molar-refractivity contribution is -0.137. The van der Waals surface area contributed by atoms with E-state index in [1.807, 2.05) is 13.3 Å². The SMILES string of the molecule is C[CH]C(CCC(C)C)c1cccc(C(F)(F)F)c1. The lowest BCUT2D eigenvalue weighted by Gasteiger charge is -2.18. The number of benzene rings is 1. The van der Waals surface area contributed by atoms with Crippen molar-refractivity contribution < 1.29 is 13.2 Å². The van der Waals surface area contributed by atoms with Crippen LogP contribution in [0.15, 0.2) is 24.3 Å². The molecule has 1 rings (SSSR count). The zero-order valence-electron chi connectivity index (χ0n) is 11.1. The number of halogens is 3. The van der Waals surface area contributed by atoms with Crippen LogP contribution in [-0.2, 0) is 6.18 Å². The Morgan fingerprint density at radius 1 is 1.17 bits per heavy atom. The van der Waals surface area contributed by atoms with Gasteiger partial charge in [-0.05, 0) is 36.3 Å². The second kappa shape index (κ2) is 6.26. The highest BCUT2D eigenvalue weighted by atomic mass is 19.4. The minimum atomic E-state index is -4.26. The molecular formula is C15H20F3. The highest BCUT2D eigenvalue weighted by molar-refractivity contribution is 5.29. The molecule has 0 saturated carbocycles. The maximum absolute atomic E-state index is 12.6. The first-order valence-electron chi connectivity index (χ1n) is 6.31. The van der Waals surface area contributed by atoms with Crippen LogP contribution < -0.4 is 0 Å². The molecule has 0 nitrogen and oxygen atoms in total. The Morgan fingerprint density at radius 3 is 2.33 bits per heavy atom. The van der Waals surface area contributed by atoms with Gasteiger partial charge in [-0.3, -0.25) is 0 Å². The molecule has 101 valence electrons. The molecule has 0 fully saturated rings. The number of hydrogen-bond acceptors (Lipinski definition) is 0. The van der Waals surface area contributed by atoms with E-state index in [1.165, 1.54) is 12.1 Å². The highest BCUT2D eigenvalue weighted by Crippen LogP contribution is 2.33. The Labute approximate surface area is 107 Å². The van der Waals surface area contributed by atoms with Crippen molar-refractivity contribution in [2.75, 3.05) is 0 Å². The van der Waals surface area contributed by atoms with Crippen LogP contribution >= 0.6 is 0 Å². The molecule has 0 spiro atoms. The predicted molar refractivity (Wildman–Crippen MR) is 68.2 cm³/mol. The Kier molecular flexibility index (Phi) is 5.24. The summed E-state index contributed by atoms with van der Waals surface area (Å²) in [5.41, 5.74) is 0.198. The molecule has 3 heteroatoms. The number of rotatable bonds is 5. The summed E-state index contributed by atoms with van der Waals surface area (Å²) in [6.45, 7) is 6.16. The average molecular weight is 257 g/mol.